The number of anilines is 1. The maximum Gasteiger partial charge on any atom is 0.303 e. The lowest BCUT2D eigenvalue weighted by molar-refractivity contribution is -0.137. The Kier molecular flexibility index (Phi) is 6.10. The van der Waals surface area contributed by atoms with Gasteiger partial charge in [-0.25, -0.2) is 0 Å². The number of carbonyl (C=O) groups is 1. The van der Waals surface area contributed by atoms with Gasteiger partial charge in [0.2, 0.25) is 0 Å². The van der Waals surface area contributed by atoms with Gasteiger partial charge in [0, 0.05) is 12.2 Å². The summed E-state index contributed by atoms with van der Waals surface area (Å²) in [5.41, 5.74) is 3.14. The fourth-order valence-electron chi connectivity index (χ4n) is 2.86. The summed E-state index contributed by atoms with van der Waals surface area (Å²) in [5, 5.41) is 12.3. The SMILES string of the molecule is CC(CC(=O)O)c1ccc(NCc2cccc(Oc3ccccc3)c2)cc1. The van der Waals surface area contributed by atoms with Crippen LogP contribution in [0, 0.1) is 0 Å². The minimum atomic E-state index is -0.776. The maximum absolute atomic E-state index is 10.8. The minimum absolute atomic E-state index is 0.00312. The third kappa shape index (κ3) is 5.61. The minimum Gasteiger partial charge on any atom is -0.481 e. The molecule has 4 heteroatoms. The van der Waals surface area contributed by atoms with Gasteiger partial charge in [0.1, 0.15) is 11.5 Å². The summed E-state index contributed by atoms with van der Waals surface area (Å²) in [5.74, 6) is 0.845. The van der Waals surface area contributed by atoms with Crippen molar-refractivity contribution in [3.05, 3.63) is 90.0 Å². The van der Waals surface area contributed by atoms with Crippen LogP contribution in [0.3, 0.4) is 0 Å². The molecule has 3 rings (SSSR count). The van der Waals surface area contributed by atoms with Crippen molar-refractivity contribution < 1.29 is 14.6 Å². The number of ether oxygens (including phenoxy) is 1. The largest absolute Gasteiger partial charge is 0.481 e. The summed E-state index contributed by atoms with van der Waals surface area (Å²) in [6, 6.07) is 25.6. The van der Waals surface area contributed by atoms with Gasteiger partial charge in [-0.2, -0.15) is 0 Å². The number of hydrogen-bond donors (Lipinski definition) is 2. The first kappa shape index (κ1) is 18.5. The molecule has 0 aliphatic heterocycles. The second-order valence-corrected chi connectivity index (χ2v) is 6.54. The Balaban J connectivity index is 1.58. The molecule has 0 bridgehead atoms. The van der Waals surface area contributed by atoms with Crippen LogP contribution in [0.2, 0.25) is 0 Å². The van der Waals surface area contributed by atoms with Crippen molar-refractivity contribution in [1.82, 2.24) is 0 Å². The first-order valence-electron chi connectivity index (χ1n) is 8.97. The summed E-state index contributed by atoms with van der Waals surface area (Å²) >= 11 is 0. The third-order valence-corrected chi connectivity index (χ3v) is 4.33. The predicted molar refractivity (Wildman–Crippen MR) is 107 cm³/mol. The lowest BCUT2D eigenvalue weighted by Gasteiger charge is -2.12. The highest BCUT2D eigenvalue weighted by Gasteiger charge is 2.09. The number of para-hydroxylation sites is 1. The van der Waals surface area contributed by atoms with Crippen LogP contribution >= 0.6 is 0 Å². The highest BCUT2D eigenvalue weighted by Crippen LogP contribution is 2.23. The van der Waals surface area contributed by atoms with E-state index in [1.165, 1.54) is 0 Å². The molecule has 0 fully saturated rings. The molecule has 27 heavy (non-hydrogen) atoms. The van der Waals surface area contributed by atoms with Crippen LogP contribution in [0.1, 0.15) is 30.4 Å². The van der Waals surface area contributed by atoms with Gasteiger partial charge < -0.3 is 15.2 Å². The highest BCUT2D eigenvalue weighted by molar-refractivity contribution is 5.68. The number of aliphatic carboxylic acids is 1. The summed E-state index contributed by atoms with van der Waals surface area (Å²) < 4.78 is 5.87. The first-order chi connectivity index (χ1) is 13.1. The zero-order chi connectivity index (χ0) is 19.1. The van der Waals surface area contributed by atoms with E-state index in [2.05, 4.69) is 5.32 Å². The molecule has 4 nitrogen and oxygen atoms in total. The van der Waals surface area contributed by atoms with E-state index in [0.717, 1.165) is 28.3 Å². The van der Waals surface area contributed by atoms with Crippen molar-refractivity contribution >= 4 is 11.7 Å². The molecule has 138 valence electrons. The molecular formula is C23H23NO3. The maximum atomic E-state index is 10.8. The monoisotopic (exact) mass is 361 g/mol. The quantitative estimate of drug-likeness (QED) is 0.543. The van der Waals surface area contributed by atoms with Gasteiger partial charge in [-0.3, -0.25) is 4.79 Å². The van der Waals surface area contributed by atoms with Gasteiger partial charge in [-0.05, 0) is 53.4 Å². The molecule has 0 aliphatic carbocycles. The Morgan fingerprint density at radius 3 is 2.37 bits per heavy atom. The fourth-order valence-corrected chi connectivity index (χ4v) is 2.86. The van der Waals surface area contributed by atoms with E-state index in [0.29, 0.717) is 6.54 Å². The number of rotatable bonds is 8. The van der Waals surface area contributed by atoms with Gasteiger partial charge in [0.05, 0.1) is 6.42 Å². The molecule has 3 aromatic rings. The fraction of sp³-hybridized carbons (Fsp3) is 0.174. The molecule has 1 unspecified atom stereocenters. The Labute approximate surface area is 159 Å². The van der Waals surface area contributed by atoms with Crippen molar-refractivity contribution in [3.63, 3.8) is 0 Å². The van der Waals surface area contributed by atoms with Crippen LogP contribution < -0.4 is 10.1 Å². The van der Waals surface area contributed by atoms with Crippen LogP contribution in [0.25, 0.3) is 0 Å². The summed E-state index contributed by atoms with van der Waals surface area (Å²) in [6.45, 7) is 2.60. The Hall–Kier alpha value is -3.27. The average Bonchev–Trinajstić information content (AvgIpc) is 2.67. The molecule has 0 heterocycles. The first-order valence-corrected chi connectivity index (χ1v) is 8.97. The molecule has 0 saturated heterocycles. The summed E-state index contributed by atoms with van der Waals surface area (Å²) in [4.78, 5) is 10.8. The van der Waals surface area contributed by atoms with Crippen LogP contribution in [-0.4, -0.2) is 11.1 Å². The highest BCUT2D eigenvalue weighted by atomic mass is 16.5. The van der Waals surface area contributed by atoms with Crippen molar-refractivity contribution in [1.29, 1.82) is 0 Å². The number of carboxylic acids is 1. The van der Waals surface area contributed by atoms with E-state index >= 15 is 0 Å². The van der Waals surface area contributed by atoms with Crippen molar-refractivity contribution in [2.24, 2.45) is 0 Å². The number of carboxylic acid groups (broad SMARTS) is 1. The number of nitrogens with one attached hydrogen (secondary N) is 1. The second-order valence-electron chi connectivity index (χ2n) is 6.54. The van der Waals surface area contributed by atoms with E-state index in [1.807, 2.05) is 85.8 Å². The van der Waals surface area contributed by atoms with Gasteiger partial charge in [-0.1, -0.05) is 49.4 Å². The molecule has 2 N–H and O–H groups in total. The van der Waals surface area contributed by atoms with Crippen molar-refractivity contribution in [2.45, 2.75) is 25.8 Å². The van der Waals surface area contributed by atoms with E-state index < -0.39 is 5.97 Å². The van der Waals surface area contributed by atoms with Crippen LogP contribution in [0.15, 0.2) is 78.9 Å². The molecule has 3 aromatic carbocycles. The Morgan fingerprint density at radius 2 is 1.67 bits per heavy atom. The van der Waals surface area contributed by atoms with Crippen LogP contribution in [-0.2, 0) is 11.3 Å². The van der Waals surface area contributed by atoms with E-state index in [9.17, 15) is 4.79 Å². The van der Waals surface area contributed by atoms with Crippen molar-refractivity contribution in [3.8, 4) is 11.5 Å². The normalized spacial score (nSPS) is 11.6. The van der Waals surface area contributed by atoms with E-state index in [1.54, 1.807) is 0 Å². The van der Waals surface area contributed by atoms with Crippen LogP contribution in [0.4, 0.5) is 5.69 Å². The number of benzene rings is 3. The smallest absolute Gasteiger partial charge is 0.303 e. The second kappa shape index (κ2) is 8.90. The van der Waals surface area contributed by atoms with Gasteiger partial charge in [-0.15, -0.1) is 0 Å². The van der Waals surface area contributed by atoms with Crippen LogP contribution in [0.5, 0.6) is 11.5 Å². The molecule has 0 saturated carbocycles. The van der Waals surface area contributed by atoms with E-state index in [4.69, 9.17) is 9.84 Å². The standard InChI is InChI=1S/C23H23NO3/c1-17(14-23(25)26)19-10-12-20(13-11-19)24-16-18-6-5-9-22(15-18)27-21-7-3-2-4-8-21/h2-13,15,17,24H,14,16H2,1H3,(H,25,26). The Morgan fingerprint density at radius 1 is 0.963 bits per heavy atom. The van der Waals surface area contributed by atoms with Crippen molar-refractivity contribution in [2.75, 3.05) is 5.32 Å². The Bertz CT molecular complexity index is 876. The molecule has 0 aliphatic rings. The lowest BCUT2D eigenvalue weighted by Crippen LogP contribution is -2.03. The zero-order valence-corrected chi connectivity index (χ0v) is 15.3. The zero-order valence-electron chi connectivity index (χ0n) is 15.3. The molecule has 0 spiro atoms. The molecule has 1 atom stereocenters. The summed E-state index contributed by atoms with van der Waals surface area (Å²) in [6.07, 6.45) is 0.140. The molecular weight excluding hydrogens is 338 g/mol. The molecule has 0 amide bonds. The predicted octanol–water partition coefficient (Wildman–Crippen LogP) is 5.67. The third-order valence-electron chi connectivity index (χ3n) is 4.33. The average molecular weight is 361 g/mol. The van der Waals surface area contributed by atoms with Gasteiger partial charge in [0.25, 0.3) is 0 Å². The van der Waals surface area contributed by atoms with Gasteiger partial charge in [0.15, 0.2) is 0 Å². The van der Waals surface area contributed by atoms with E-state index in [-0.39, 0.29) is 12.3 Å². The molecule has 0 radical (unpaired) electrons. The number of hydrogen-bond acceptors (Lipinski definition) is 3. The lowest BCUT2D eigenvalue weighted by atomic mass is 9.98. The molecule has 0 aromatic heterocycles. The summed E-state index contributed by atoms with van der Waals surface area (Å²) in [7, 11) is 0. The topological polar surface area (TPSA) is 58.6 Å². The van der Waals surface area contributed by atoms with Gasteiger partial charge >= 0.3 is 5.97 Å².